The molecule has 6 nitrogen and oxygen atoms in total. The lowest BCUT2D eigenvalue weighted by Crippen LogP contribution is -2.03. The van der Waals surface area contributed by atoms with Gasteiger partial charge in [0.2, 0.25) is 0 Å². The topological polar surface area (TPSA) is 101 Å². The second kappa shape index (κ2) is 3.82. The molecule has 0 saturated heterocycles. The van der Waals surface area contributed by atoms with Crippen molar-refractivity contribution in [2.24, 2.45) is 0 Å². The highest BCUT2D eigenvalue weighted by atomic mass is 16.4. The fourth-order valence-corrected chi connectivity index (χ4v) is 1.53. The lowest BCUT2D eigenvalue weighted by molar-refractivity contribution is -0.136. The van der Waals surface area contributed by atoms with E-state index < -0.39 is 5.97 Å². The van der Waals surface area contributed by atoms with E-state index in [0.29, 0.717) is 22.7 Å². The number of nitrogens with two attached hydrogens (primary N) is 1. The highest BCUT2D eigenvalue weighted by Crippen LogP contribution is 2.16. The highest BCUT2D eigenvalue weighted by molar-refractivity contribution is 5.72. The van der Waals surface area contributed by atoms with Crippen molar-refractivity contribution in [3.63, 3.8) is 0 Å². The monoisotopic (exact) mass is 221 g/mol. The number of aliphatic hydroxyl groups is 1. The first-order valence-electron chi connectivity index (χ1n) is 4.70. The zero-order chi connectivity index (χ0) is 11.7. The Morgan fingerprint density at radius 3 is 2.94 bits per heavy atom. The lowest BCUT2D eigenvalue weighted by atomic mass is 10.3. The summed E-state index contributed by atoms with van der Waals surface area (Å²) in [5.41, 5.74) is 7.34. The Balaban J connectivity index is 2.54. The van der Waals surface area contributed by atoms with Gasteiger partial charge in [-0.1, -0.05) is 0 Å². The Labute approximate surface area is 91.0 Å². The van der Waals surface area contributed by atoms with Crippen LogP contribution in [0, 0.1) is 0 Å². The second-order valence-corrected chi connectivity index (χ2v) is 3.44. The second-order valence-electron chi connectivity index (χ2n) is 3.44. The SMILES string of the molecule is Nc1c(CC(=O)O)nc2cc(CO)ccn12. The molecule has 0 unspecified atom stereocenters. The van der Waals surface area contributed by atoms with Crippen LogP contribution in [-0.2, 0) is 17.8 Å². The minimum Gasteiger partial charge on any atom is -0.481 e. The maximum absolute atomic E-state index is 10.6. The van der Waals surface area contributed by atoms with Gasteiger partial charge in [0.25, 0.3) is 0 Å². The van der Waals surface area contributed by atoms with Crippen LogP contribution in [0.15, 0.2) is 18.3 Å². The zero-order valence-corrected chi connectivity index (χ0v) is 8.42. The van der Waals surface area contributed by atoms with Crippen molar-refractivity contribution < 1.29 is 15.0 Å². The van der Waals surface area contributed by atoms with Crippen molar-refractivity contribution in [3.8, 4) is 0 Å². The first-order valence-corrected chi connectivity index (χ1v) is 4.70. The van der Waals surface area contributed by atoms with Crippen LogP contribution in [0.3, 0.4) is 0 Å². The van der Waals surface area contributed by atoms with Crippen molar-refractivity contribution >= 4 is 17.4 Å². The molecule has 0 aliphatic carbocycles. The predicted octanol–water partition coefficient (Wildman–Crippen LogP) is 0.0359. The summed E-state index contributed by atoms with van der Waals surface area (Å²) in [7, 11) is 0. The van der Waals surface area contributed by atoms with Crippen LogP contribution in [-0.4, -0.2) is 25.6 Å². The Morgan fingerprint density at radius 1 is 1.56 bits per heavy atom. The van der Waals surface area contributed by atoms with Crippen LogP contribution in [0.25, 0.3) is 5.65 Å². The van der Waals surface area contributed by atoms with Crippen LogP contribution in [0.4, 0.5) is 5.82 Å². The largest absolute Gasteiger partial charge is 0.481 e. The molecule has 2 rings (SSSR count). The summed E-state index contributed by atoms with van der Waals surface area (Å²) < 4.78 is 1.59. The predicted molar refractivity (Wildman–Crippen MR) is 56.9 cm³/mol. The standard InChI is InChI=1S/C10H11N3O3/c11-10-7(4-9(15)16)12-8-3-6(5-14)1-2-13(8)10/h1-3,14H,4-5,11H2,(H,15,16). The van der Waals surface area contributed by atoms with Gasteiger partial charge in [-0.2, -0.15) is 0 Å². The Bertz CT molecular complexity index is 547. The third-order valence-corrected chi connectivity index (χ3v) is 2.30. The van der Waals surface area contributed by atoms with E-state index in [-0.39, 0.29) is 13.0 Å². The maximum atomic E-state index is 10.6. The third kappa shape index (κ3) is 1.70. The van der Waals surface area contributed by atoms with Gasteiger partial charge in [-0.15, -0.1) is 0 Å². The van der Waals surface area contributed by atoms with E-state index >= 15 is 0 Å². The number of carboxylic acid groups (broad SMARTS) is 1. The van der Waals surface area contributed by atoms with Gasteiger partial charge in [0, 0.05) is 6.20 Å². The van der Waals surface area contributed by atoms with Crippen LogP contribution < -0.4 is 5.73 Å². The van der Waals surface area contributed by atoms with Crippen molar-refractivity contribution in [2.75, 3.05) is 5.73 Å². The van der Waals surface area contributed by atoms with Gasteiger partial charge >= 0.3 is 5.97 Å². The molecule has 0 radical (unpaired) electrons. The average Bonchev–Trinajstić information content (AvgIpc) is 2.54. The smallest absolute Gasteiger partial charge is 0.309 e. The molecule has 0 aromatic carbocycles. The fourth-order valence-electron chi connectivity index (χ4n) is 1.53. The number of imidazole rings is 1. The van der Waals surface area contributed by atoms with Crippen molar-refractivity contribution in [1.29, 1.82) is 0 Å². The molecule has 0 aliphatic rings. The number of aromatic nitrogens is 2. The number of nitrogen functional groups attached to an aromatic ring is 1. The molecule has 16 heavy (non-hydrogen) atoms. The van der Waals surface area contributed by atoms with Gasteiger partial charge < -0.3 is 15.9 Å². The molecule has 0 bridgehead atoms. The van der Waals surface area contributed by atoms with E-state index in [1.54, 1.807) is 22.7 Å². The molecule has 2 aromatic heterocycles. The summed E-state index contributed by atoms with van der Waals surface area (Å²) in [6.07, 6.45) is 1.45. The summed E-state index contributed by atoms with van der Waals surface area (Å²) >= 11 is 0. The van der Waals surface area contributed by atoms with E-state index in [1.807, 2.05) is 0 Å². The quantitative estimate of drug-likeness (QED) is 0.679. The van der Waals surface area contributed by atoms with Crippen LogP contribution in [0.5, 0.6) is 0 Å². The van der Waals surface area contributed by atoms with E-state index in [2.05, 4.69) is 4.98 Å². The first-order chi connectivity index (χ1) is 7.61. The number of aliphatic carboxylic acids is 1. The number of anilines is 1. The van der Waals surface area contributed by atoms with Crippen LogP contribution in [0.1, 0.15) is 11.3 Å². The number of fused-ring (bicyclic) bond motifs is 1. The van der Waals surface area contributed by atoms with Gasteiger partial charge in [0.15, 0.2) is 0 Å². The molecule has 2 aromatic rings. The number of carbonyl (C=O) groups is 1. The van der Waals surface area contributed by atoms with E-state index in [9.17, 15) is 4.79 Å². The molecule has 2 heterocycles. The molecule has 4 N–H and O–H groups in total. The molecule has 0 spiro atoms. The highest BCUT2D eigenvalue weighted by Gasteiger charge is 2.12. The zero-order valence-electron chi connectivity index (χ0n) is 8.42. The lowest BCUT2D eigenvalue weighted by Gasteiger charge is -1.98. The summed E-state index contributed by atoms with van der Waals surface area (Å²) in [5, 5.41) is 17.6. The Hall–Kier alpha value is -2.08. The molecule has 0 atom stereocenters. The van der Waals surface area contributed by atoms with Crippen LogP contribution in [0.2, 0.25) is 0 Å². The minimum absolute atomic E-state index is 0.0858. The third-order valence-electron chi connectivity index (χ3n) is 2.30. The van der Waals surface area contributed by atoms with Gasteiger partial charge in [0.1, 0.15) is 11.5 Å². The van der Waals surface area contributed by atoms with Gasteiger partial charge in [-0.3, -0.25) is 9.20 Å². The number of pyridine rings is 1. The number of carboxylic acids is 1. The Kier molecular flexibility index (Phi) is 2.49. The molecule has 0 saturated carbocycles. The number of hydrogen-bond donors (Lipinski definition) is 3. The summed E-state index contributed by atoms with van der Waals surface area (Å²) in [5.74, 6) is -0.653. The molecular formula is C10H11N3O3. The van der Waals surface area contributed by atoms with Crippen molar-refractivity contribution in [2.45, 2.75) is 13.0 Å². The molecule has 0 aliphatic heterocycles. The van der Waals surface area contributed by atoms with Crippen molar-refractivity contribution in [1.82, 2.24) is 9.38 Å². The molecule has 0 fully saturated rings. The molecular weight excluding hydrogens is 210 g/mol. The van der Waals surface area contributed by atoms with E-state index in [1.165, 1.54) is 0 Å². The minimum atomic E-state index is -0.975. The normalized spacial score (nSPS) is 10.8. The van der Waals surface area contributed by atoms with Gasteiger partial charge in [-0.25, -0.2) is 4.98 Å². The van der Waals surface area contributed by atoms with E-state index in [0.717, 1.165) is 0 Å². The first kappa shape index (κ1) is 10.4. The molecule has 0 amide bonds. The van der Waals surface area contributed by atoms with Gasteiger partial charge in [0.05, 0.1) is 18.7 Å². The number of aliphatic hydroxyl groups excluding tert-OH is 1. The molecule has 6 heteroatoms. The molecule has 84 valence electrons. The number of rotatable bonds is 3. The average molecular weight is 221 g/mol. The maximum Gasteiger partial charge on any atom is 0.309 e. The summed E-state index contributed by atoms with van der Waals surface area (Å²) in [4.78, 5) is 14.7. The van der Waals surface area contributed by atoms with Gasteiger partial charge in [-0.05, 0) is 17.7 Å². The van der Waals surface area contributed by atoms with E-state index in [4.69, 9.17) is 15.9 Å². The van der Waals surface area contributed by atoms with Crippen LogP contribution >= 0.6 is 0 Å². The summed E-state index contributed by atoms with van der Waals surface area (Å²) in [6.45, 7) is -0.0858. The Morgan fingerprint density at radius 2 is 2.31 bits per heavy atom. The summed E-state index contributed by atoms with van der Waals surface area (Å²) in [6, 6.07) is 3.37. The fraction of sp³-hybridized carbons (Fsp3) is 0.200. The number of nitrogens with zero attached hydrogens (tertiary/aromatic N) is 2. The van der Waals surface area contributed by atoms with Crippen molar-refractivity contribution in [3.05, 3.63) is 29.6 Å². The number of hydrogen-bond acceptors (Lipinski definition) is 4.